The van der Waals surface area contributed by atoms with Gasteiger partial charge in [-0.25, -0.2) is 0 Å². The van der Waals surface area contributed by atoms with Crippen LogP contribution in [-0.2, 0) is 17.6 Å². The van der Waals surface area contributed by atoms with Gasteiger partial charge in [-0.15, -0.1) is 0 Å². The fourth-order valence-electron chi connectivity index (χ4n) is 2.05. The zero-order valence-corrected chi connectivity index (χ0v) is 9.50. The maximum absolute atomic E-state index is 11.5. The SMILES string of the molecule is COc1ccc(OC)c2c1CCNC(=O)C2. The Morgan fingerprint density at radius 1 is 1.12 bits per heavy atom. The molecule has 1 amide bonds. The van der Waals surface area contributed by atoms with E-state index in [1.165, 1.54) is 0 Å². The first kappa shape index (κ1) is 10.8. The van der Waals surface area contributed by atoms with Crippen molar-refractivity contribution in [1.82, 2.24) is 5.32 Å². The molecule has 1 aliphatic rings. The van der Waals surface area contributed by atoms with Crippen molar-refractivity contribution in [3.05, 3.63) is 23.3 Å². The Morgan fingerprint density at radius 2 is 1.75 bits per heavy atom. The second kappa shape index (κ2) is 4.43. The Kier molecular flexibility index (Phi) is 2.99. The van der Waals surface area contributed by atoms with Gasteiger partial charge in [-0.05, 0) is 18.6 Å². The van der Waals surface area contributed by atoms with Gasteiger partial charge in [-0.2, -0.15) is 0 Å². The molecule has 0 fully saturated rings. The number of nitrogens with one attached hydrogen (secondary N) is 1. The number of carbonyl (C=O) groups excluding carboxylic acids is 1. The predicted octanol–water partition coefficient (Wildman–Crippen LogP) is 0.919. The lowest BCUT2D eigenvalue weighted by Crippen LogP contribution is -2.24. The smallest absolute Gasteiger partial charge is 0.224 e. The Hall–Kier alpha value is -1.71. The maximum atomic E-state index is 11.5. The van der Waals surface area contributed by atoms with Gasteiger partial charge in [-0.3, -0.25) is 4.79 Å². The number of methoxy groups -OCH3 is 2. The molecule has 1 heterocycles. The van der Waals surface area contributed by atoms with Crippen molar-refractivity contribution in [3.8, 4) is 11.5 Å². The minimum absolute atomic E-state index is 0.0327. The summed E-state index contributed by atoms with van der Waals surface area (Å²) in [7, 11) is 3.26. The van der Waals surface area contributed by atoms with Gasteiger partial charge in [-0.1, -0.05) is 0 Å². The molecule has 1 N–H and O–H groups in total. The molecular weight excluding hydrogens is 206 g/mol. The molecule has 0 radical (unpaired) electrons. The van der Waals surface area contributed by atoms with Crippen LogP contribution in [0.3, 0.4) is 0 Å². The highest BCUT2D eigenvalue weighted by Gasteiger charge is 2.20. The zero-order chi connectivity index (χ0) is 11.5. The quantitative estimate of drug-likeness (QED) is 0.807. The summed E-state index contributed by atoms with van der Waals surface area (Å²) >= 11 is 0. The van der Waals surface area contributed by atoms with E-state index in [4.69, 9.17) is 9.47 Å². The molecule has 0 aliphatic carbocycles. The molecule has 4 heteroatoms. The number of rotatable bonds is 2. The third kappa shape index (κ3) is 1.83. The summed E-state index contributed by atoms with van der Waals surface area (Å²) in [6.45, 7) is 0.648. The normalized spacial score (nSPS) is 14.8. The van der Waals surface area contributed by atoms with Crippen LogP contribution < -0.4 is 14.8 Å². The molecule has 0 saturated carbocycles. The number of ether oxygens (including phenoxy) is 2. The molecule has 16 heavy (non-hydrogen) atoms. The Morgan fingerprint density at radius 3 is 2.38 bits per heavy atom. The zero-order valence-electron chi connectivity index (χ0n) is 9.50. The van der Waals surface area contributed by atoms with Crippen molar-refractivity contribution in [1.29, 1.82) is 0 Å². The fraction of sp³-hybridized carbons (Fsp3) is 0.417. The third-order valence-electron chi connectivity index (χ3n) is 2.82. The predicted molar refractivity (Wildman–Crippen MR) is 60.0 cm³/mol. The molecule has 0 atom stereocenters. The molecule has 1 aromatic carbocycles. The topological polar surface area (TPSA) is 47.6 Å². The summed E-state index contributed by atoms with van der Waals surface area (Å²) < 4.78 is 10.6. The van der Waals surface area contributed by atoms with Crippen molar-refractivity contribution >= 4 is 5.91 Å². The van der Waals surface area contributed by atoms with Crippen LogP contribution >= 0.6 is 0 Å². The molecule has 0 unspecified atom stereocenters. The van der Waals surface area contributed by atoms with Crippen molar-refractivity contribution in [3.63, 3.8) is 0 Å². The summed E-state index contributed by atoms with van der Waals surface area (Å²) in [4.78, 5) is 11.5. The molecular formula is C12H15NO3. The van der Waals surface area contributed by atoms with E-state index in [2.05, 4.69) is 5.32 Å². The number of hydrogen-bond donors (Lipinski definition) is 1. The third-order valence-corrected chi connectivity index (χ3v) is 2.82. The first-order valence-electron chi connectivity index (χ1n) is 5.25. The molecule has 1 aliphatic heterocycles. The lowest BCUT2D eigenvalue weighted by Gasteiger charge is -2.14. The van der Waals surface area contributed by atoms with Crippen LogP contribution in [0.25, 0.3) is 0 Å². The Bertz CT molecular complexity index is 415. The van der Waals surface area contributed by atoms with Crippen molar-refractivity contribution in [2.24, 2.45) is 0 Å². The van der Waals surface area contributed by atoms with Gasteiger partial charge in [0.05, 0.1) is 20.6 Å². The van der Waals surface area contributed by atoms with E-state index < -0.39 is 0 Å². The van der Waals surface area contributed by atoms with Crippen molar-refractivity contribution in [2.45, 2.75) is 12.8 Å². The number of carbonyl (C=O) groups is 1. The van der Waals surface area contributed by atoms with Crippen LogP contribution in [0.1, 0.15) is 11.1 Å². The van der Waals surface area contributed by atoms with Gasteiger partial charge in [0.15, 0.2) is 0 Å². The summed E-state index contributed by atoms with van der Waals surface area (Å²) in [5.74, 6) is 1.62. The number of benzene rings is 1. The molecule has 0 spiro atoms. The highest BCUT2D eigenvalue weighted by molar-refractivity contribution is 5.81. The molecule has 4 nitrogen and oxygen atoms in total. The minimum Gasteiger partial charge on any atom is -0.496 e. The maximum Gasteiger partial charge on any atom is 0.224 e. The van der Waals surface area contributed by atoms with Gasteiger partial charge in [0.1, 0.15) is 11.5 Å². The van der Waals surface area contributed by atoms with Crippen LogP contribution in [-0.4, -0.2) is 26.7 Å². The summed E-state index contributed by atoms with van der Waals surface area (Å²) in [5, 5.41) is 2.84. The molecule has 0 bridgehead atoms. The molecule has 0 aromatic heterocycles. The van der Waals surface area contributed by atoms with Crippen LogP contribution in [0.2, 0.25) is 0 Å². The molecule has 86 valence electrons. The van der Waals surface area contributed by atoms with E-state index in [-0.39, 0.29) is 5.91 Å². The fourth-order valence-corrected chi connectivity index (χ4v) is 2.05. The first-order valence-corrected chi connectivity index (χ1v) is 5.25. The van der Waals surface area contributed by atoms with Gasteiger partial charge in [0, 0.05) is 17.7 Å². The highest BCUT2D eigenvalue weighted by atomic mass is 16.5. The lowest BCUT2D eigenvalue weighted by molar-refractivity contribution is -0.120. The van der Waals surface area contributed by atoms with E-state index in [0.717, 1.165) is 29.0 Å². The average Bonchev–Trinajstić information content (AvgIpc) is 2.49. The Labute approximate surface area is 94.6 Å². The van der Waals surface area contributed by atoms with Gasteiger partial charge >= 0.3 is 0 Å². The summed E-state index contributed by atoms with van der Waals surface area (Å²) in [6, 6.07) is 3.73. The van der Waals surface area contributed by atoms with Crippen LogP contribution in [0.15, 0.2) is 12.1 Å². The summed E-state index contributed by atoms with van der Waals surface area (Å²) in [5.41, 5.74) is 2.01. The van der Waals surface area contributed by atoms with Crippen molar-refractivity contribution in [2.75, 3.05) is 20.8 Å². The lowest BCUT2D eigenvalue weighted by atomic mass is 10.0. The number of fused-ring (bicyclic) bond motifs is 1. The highest BCUT2D eigenvalue weighted by Crippen LogP contribution is 2.32. The summed E-state index contributed by atoms with van der Waals surface area (Å²) in [6.07, 6.45) is 1.14. The van der Waals surface area contributed by atoms with Crippen LogP contribution in [0.4, 0.5) is 0 Å². The van der Waals surface area contributed by atoms with E-state index in [0.29, 0.717) is 13.0 Å². The first-order chi connectivity index (χ1) is 7.76. The minimum atomic E-state index is 0.0327. The molecule has 1 aromatic rings. The molecule has 2 rings (SSSR count). The van der Waals surface area contributed by atoms with Gasteiger partial charge in [0.2, 0.25) is 5.91 Å². The second-order valence-corrected chi connectivity index (χ2v) is 3.70. The van der Waals surface area contributed by atoms with Gasteiger partial charge in [0.25, 0.3) is 0 Å². The average molecular weight is 221 g/mol. The number of hydrogen-bond acceptors (Lipinski definition) is 3. The van der Waals surface area contributed by atoms with Crippen LogP contribution in [0, 0.1) is 0 Å². The second-order valence-electron chi connectivity index (χ2n) is 3.70. The van der Waals surface area contributed by atoms with E-state index in [9.17, 15) is 4.79 Å². The van der Waals surface area contributed by atoms with E-state index in [1.54, 1.807) is 14.2 Å². The van der Waals surface area contributed by atoms with Crippen LogP contribution in [0.5, 0.6) is 11.5 Å². The van der Waals surface area contributed by atoms with Crippen molar-refractivity contribution < 1.29 is 14.3 Å². The largest absolute Gasteiger partial charge is 0.496 e. The van der Waals surface area contributed by atoms with Gasteiger partial charge < -0.3 is 14.8 Å². The molecule has 0 saturated heterocycles. The standard InChI is InChI=1S/C12H15NO3/c1-15-10-3-4-11(16-2)9-7-12(14)13-6-5-8(9)10/h3-4H,5-7H2,1-2H3,(H,13,14). The van der Waals surface area contributed by atoms with E-state index in [1.807, 2.05) is 12.1 Å². The monoisotopic (exact) mass is 221 g/mol. The van der Waals surface area contributed by atoms with E-state index >= 15 is 0 Å². The Balaban J connectivity index is 2.53. The number of amides is 1.